The van der Waals surface area contributed by atoms with Gasteiger partial charge in [0.1, 0.15) is 0 Å². The summed E-state index contributed by atoms with van der Waals surface area (Å²) >= 11 is 0. The highest BCUT2D eigenvalue weighted by molar-refractivity contribution is 7.91. The van der Waals surface area contributed by atoms with Crippen LogP contribution in [0.4, 0.5) is 0 Å². The Morgan fingerprint density at radius 3 is 2.19 bits per heavy atom. The van der Waals surface area contributed by atoms with E-state index in [1.54, 1.807) is 0 Å². The molecule has 21 heavy (non-hydrogen) atoms. The van der Waals surface area contributed by atoms with Crippen LogP contribution in [0, 0.1) is 0 Å². The number of rotatable bonds is 6. The van der Waals surface area contributed by atoms with Gasteiger partial charge in [-0.15, -0.1) is 0 Å². The van der Waals surface area contributed by atoms with Crippen molar-refractivity contribution in [3.8, 4) is 0 Å². The molecule has 0 heterocycles. The fraction of sp³-hybridized carbons (Fsp3) is 0.133. The molecule has 2 aromatic carbocycles. The fourth-order valence-corrected chi connectivity index (χ4v) is 2.71. The van der Waals surface area contributed by atoms with Crippen molar-refractivity contribution in [2.45, 2.75) is 11.5 Å². The summed E-state index contributed by atoms with van der Waals surface area (Å²) in [5, 5.41) is 8.77. The summed E-state index contributed by atoms with van der Waals surface area (Å²) in [6.45, 7) is 0.202. The first-order valence-corrected chi connectivity index (χ1v) is 7.82. The van der Waals surface area contributed by atoms with Crippen molar-refractivity contribution in [3.63, 3.8) is 0 Å². The number of carbonyl (C=O) groups is 1. The first-order chi connectivity index (χ1) is 9.99. The lowest BCUT2D eigenvalue weighted by atomic mass is 10.2. The van der Waals surface area contributed by atoms with Crippen LogP contribution < -0.4 is 0 Å². The molecule has 0 radical (unpaired) electrons. The Bertz CT molecular complexity index is 705. The summed E-state index contributed by atoms with van der Waals surface area (Å²) in [5.41, 5.74) is 0.924. The van der Waals surface area contributed by atoms with E-state index in [2.05, 4.69) is 0 Å². The Kier molecular flexibility index (Phi) is 4.72. The van der Waals surface area contributed by atoms with Gasteiger partial charge in [0.2, 0.25) is 9.84 Å². The molecule has 0 unspecified atom stereocenters. The maximum absolute atomic E-state index is 12.0. The van der Waals surface area contributed by atoms with Gasteiger partial charge in [-0.05, 0) is 29.8 Å². The monoisotopic (exact) mass is 306 g/mol. The molecule has 0 atom stereocenters. The van der Waals surface area contributed by atoms with E-state index in [9.17, 15) is 13.2 Å². The van der Waals surface area contributed by atoms with Gasteiger partial charge in [-0.25, -0.2) is 13.2 Å². The van der Waals surface area contributed by atoms with Crippen molar-refractivity contribution in [1.82, 2.24) is 0 Å². The molecule has 0 amide bonds. The molecule has 0 bridgehead atoms. The molecule has 0 spiro atoms. The van der Waals surface area contributed by atoms with Gasteiger partial charge >= 0.3 is 5.97 Å². The quantitative estimate of drug-likeness (QED) is 0.886. The SMILES string of the molecule is O=C(O)c1ccc(S(=O)(=O)COCc2ccccc2)cc1. The zero-order valence-corrected chi connectivity index (χ0v) is 11.9. The first kappa shape index (κ1) is 15.2. The molecule has 0 aliphatic heterocycles. The normalized spacial score (nSPS) is 11.2. The lowest BCUT2D eigenvalue weighted by Crippen LogP contribution is -2.10. The van der Waals surface area contributed by atoms with Gasteiger partial charge in [-0.1, -0.05) is 30.3 Å². The predicted octanol–water partition coefficient (Wildman–Crippen LogP) is 2.33. The maximum Gasteiger partial charge on any atom is 0.335 e. The average molecular weight is 306 g/mol. The molecule has 5 nitrogen and oxygen atoms in total. The van der Waals surface area contributed by atoms with Gasteiger partial charge in [0.25, 0.3) is 0 Å². The van der Waals surface area contributed by atoms with Crippen LogP contribution in [-0.2, 0) is 21.2 Å². The van der Waals surface area contributed by atoms with E-state index >= 15 is 0 Å². The van der Waals surface area contributed by atoms with Crippen LogP contribution in [0.15, 0.2) is 59.5 Å². The van der Waals surface area contributed by atoms with E-state index in [1.807, 2.05) is 30.3 Å². The summed E-state index contributed by atoms with van der Waals surface area (Å²) in [6, 6.07) is 14.3. The summed E-state index contributed by atoms with van der Waals surface area (Å²) < 4.78 is 29.3. The third-order valence-corrected chi connectivity index (χ3v) is 4.28. The minimum atomic E-state index is -3.59. The smallest absolute Gasteiger partial charge is 0.335 e. The maximum atomic E-state index is 12.0. The number of sulfone groups is 1. The van der Waals surface area contributed by atoms with Gasteiger partial charge in [-0.3, -0.25) is 0 Å². The van der Waals surface area contributed by atoms with Gasteiger partial charge in [-0.2, -0.15) is 0 Å². The van der Waals surface area contributed by atoms with E-state index in [4.69, 9.17) is 9.84 Å². The standard InChI is InChI=1S/C15H14O5S/c16-15(17)13-6-8-14(9-7-13)21(18,19)11-20-10-12-4-2-1-3-5-12/h1-9H,10-11H2,(H,16,17). The molecule has 0 aliphatic rings. The number of hydrogen-bond acceptors (Lipinski definition) is 4. The van der Waals surface area contributed by atoms with E-state index in [1.165, 1.54) is 24.3 Å². The second-order valence-electron chi connectivity index (χ2n) is 4.40. The summed E-state index contributed by atoms with van der Waals surface area (Å²) in [6.07, 6.45) is 0. The Morgan fingerprint density at radius 2 is 1.62 bits per heavy atom. The number of hydrogen-bond donors (Lipinski definition) is 1. The van der Waals surface area contributed by atoms with Crippen LogP contribution >= 0.6 is 0 Å². The van der Waals surface area contributed by atoms with Crippen LogP contribution in [0.2, 0.25) is 0 Å². The zero-order chi connectivity index (χ0) is 15.3. The van der Waals surface area contributed by atoms with E-state index < -0.39 is 21.7 Å². The van der Waals surface area contributed by atoms with Crippen molar-refractivity contribution < 1.29 is 23.1 Å². The molecular weight excluding hydrogens is 292 g/mol. The molecular formula is C15H14O5S. The topological polar surface area (TPSA) is 80.7 Å². The highest BCUT2D eigenvalue weighted by Gasteiger charge is 2.15. The number of carboxylic acid groups (broad SMARTS) is 1. The van der Waals surface area contributed by atoms with Crippen molar-refractivity contribution in [1.29, 1.82) is 0 Å². The van der Waals surface area contributed by atoms with E-state index in [0.29, 0.717) is 0 Å². The van der Waals surface area contributed by atoms with E-state index in [0.717, 1.165) is 5.56 Å². The second-order valence-corrected chi connectivity index (χ2v) is 6.33. The van der Waals surface area contributed by atoms with Crippen LogP contribution in [0.3, 0.4) is 0 Å². The minimum Gasteiger partial charge on any atom is -0.478 e. The summed E-state index contributed by atoms with van der Waals surface area (Å²) in [7, 11) is -3.59. The molecule has 0 saturated heterocycles. The zero-order valence-electron chi connectivity index (χ0n) is 11.1. The van der Waals surface area contributed by atoms with Crippen molar-refractivity contribution >= 4 is 15.8 Å². The Morgan fingerprint density at radius 1 is 1.00 bits per heavy atom. The molecule has 1 N–H and O–H groups in total. The predicted molar refractivity (Wildman–Crippen MR) is 76.7 cm³/mol. The molecule has 0 fully saturated rings. The van der Waals surface area contributed by atoms with Crippen LogP contribution in [0.5, 0.6) is 0 Å². The number of carboxylic acids is 1. The van der Waals surface area contributed by atoms with Crippen LogP contribution in [-0.4, -0.2) is 25.4 Å². The number of benzene rings is 2. The third-order valence-electron chi connectivity index (χ3n) is 2.81. The van der Waals surface area contributed by atoms with Crippen molar-refractivity contribution in [3.05, 3.63) is 65.7 Å². The van der Waals surface area contributed by atoms with Crippen molar-refractivity contribution in [2.24, 2.45) is 0 Å². The Hall–Kier alpha value is -2.18. The molecule has 0 saturated carbocycles. The largest absolute Gasteiger partial charge is 0.478 e. The van der Waals surface area contributed by atoms with Gasteiger partial charge in [0, 0.05) is 0 Å². The van der Waals surface area contributed by atoms with Gasteiger partial charge in [0.15, 0.2) is 5.94 Å². The van der Waals surface area contributed by atoms with Gasteiger partial charge < -0.3 is 9.84 Å². The Labute approximate surface area is 122 Å². The molecule has 110 valence electrons. The summed E-state index contributed by atoms with van der Waals surface area (Å²) in [4.78, 5) is 10.8. The Balaban J connectivity index is 2.00. The second kappa shape index (κ2) is 6.51. The fourth-order valence-electron chi connectivity index (χ4n) is 1.72. The first-order valence-electron chi connectivity index (χ1n) is 6.17. The van der Waals surface area contributed by atoms with Gasteiger partial charge in [0.05, 0.1) is 17.1 Å². The minimum absolute atomic E-state index is 0.0409. The van der Waals surface area contributed by atoms with Crippen LogP contribution in [0.1, 0.15) is 15.9 Å². The molecule has 0 aromatic heterocycles. The molecule has 2 aromatic rings. The number of ether oxygens (including phenoxy) is 1. The highest BCUT2D eigenvalue weighted by atomic mass is 32.2. The average Bonchev–Trinajstić information content (AvgIpc) is 2.48. The molecule has 2 rings (SSSR count). The number of aromatic carboxylic acids is 1. The molecule has 0 aliphatic carbocycles. The van der Waals surface area contributed by atoms with E-state index in [-0.39, 0.29) is 17.1 Å². The highest BCUT2D eigenvalue weighted by Crippen LogP contribution is 2.13. The lowest BCUT2D eigenvalue weighted by Gasteiger charge is -2.06. The summed E-state index contributed by atoms with van der Waals surface area (Å²) in [5.74, 6) is -1.55. The van der Waals surface area contributed by atoms with Crippen molar-refractivity contribution in [2.75, 3.05) is 5.94 Å². The molecule has 6 heteroatoms. The lowest BCUT2D eigenvalue weighted by molar-refractivity contribution is 0.0696. The third kappa shape index (κ3) is 4.14. The van der Waals surface area contributed by atoms with Crippen LogP contribution in [0.25, 0.3) is 0 Å².